The van der Waals surface area contributed by atoms with E-state index >= 15 is 0 Å². The molecule has 0 aliphatic carbocycles. The fraction of sp³-hybridized carbons (Fsp3) is 0.273. The first-order valence-corrected chi connectivity index (χ1v) is 6.04. The number of benzene rings is 1. The van der Waals surface area contributed by atoms with Gasteiger partial charge in [0.2, 0.25) is 4.96 Å². The molecule has 0 aliphatic heterocycles. The predicted molar refractivity (Wildman–Crippen MR) is 65.9 cm³/mol. The average Bonchev–Trinajstić information content (AvgIpc) is 2.78. The number of aryl methyl sites for hydroxylation is 1. The van der Waals surface area contributed by atoms with Gasteiger partial charge in [-0.15, -0.1) is 10.2 Å². The van der Waals surface area contributed by atoms with Gasteiger partial charge in [-0.3, -0.25) is 4.40 Å². The fourth-order valence-corrected chi connectivity index (χ4v) is 2.97. The van der Waals surface area contributed by atoms with Gasteiger partial charge in [0.05, 0.1) is 10.2 Å². The van der Waals surface area contributed by atoms with E-state index in [2.05, 4.69) is 39.7 Å². The van der Waals surface area contributed by atoms with Crippen molar-refractivity contribution in [1.82, 2.24) is 14.6 Å². The second-order valence-electron chi connectivity index (χ2n) is 3.85. The summed E-state index contributed by atoms with van der Waals surface area (Å²) in [4.78, 5) is 0.948. The molecule has 0 bridgehead atoms. The number of aromatic nitrogens is 3. The maximum absolute atomic E-state index is 5.57. The van der Waals surface area contributed by atoms with E-state index in [9.17, 15) is 0 Å². The summed E-state index contributed by atoms with van der Waals surface area (Å²) in [5.41, 5.74) is 8.02. The summed E-state index contributed by atoms with van der Waals surface area (Å²) in [6, 6.07) is 6.42. The molecule has 82 valence electrons. The Hall–Kier alpha value is -1.46. The van der Waals surface area contributed by atoms with Crippen LogP contribution in [0, 0.1) is 6.92 Å². The summed E-state index contributed by atoms with van der Waals surface area (Å²) in [6.45, 7) is 2.70. The second-order valence-corrected chi connectivity index (χ2v) is 4.86. The van der Waals surface area contributed by atoms with Crippen molar-refractivity contribution in [2.75, 3.05) is 6.54 Å². The van der Waals surface area contributed by atoms with E-state index in [1.165, 1.54) is 15.8 Å². The van der Waals surface area contributed by atoms with Crippen LogP contribution in [0.25, 0.3) is 15.2 Å². The van der Waals surface area contributed by atoms with Gasteiger partial charge in [-0.2, -0.15) is 0 Å². The molecule has 3 rings (SSSR count). The molecule has 0 saturated heterocycles. The summed E-state index contributed by atoms with van der Waals surface area (Å²) in [7, 11) is 0. The molecule has 0 amide bonds. The zero-order chi connectivity index (χ0) is 11.1. The van der Waals surface area contributed by atoms with Crippen LogP contribution in [-0.2, 0) is 6.42 Å². The Morgan fingerprint density at radius 1 is 1.38 bits per heavy atom. The first kappa shape index (κ1) is 9.74. The Labute approximate surface area is 96.7 Å². The molecule has 0 radical (unpaired) electrons. The van der Waals surface area contributed by atoms with Gasteiger partial charge in [-0.1, -0.05) is 17.4 Å². The minimum Gasteiger partial charge on any atom is -0.330 e. The summed E-state index contributed by atoms with van der Waals surface area (Å²) < 4.78 is 3.36. The Kier molecular flexibility index (Phi) is 2.15. The summed E-state index contributed by atoms with van der Waals surface area (Å²) in [5, 5.41) is 8.34. The lowest BCUT2D eigenvalue weighted by Gasteiger charge is -1.97. The van der Waals surface area contributed by atoms with Crippen LogP contribution < -0.4 is 5.73 Å². The van der Waals surface area contributed by atoms with Gasteiger partial charge in [-0.05, 0) is 31.2 Å². The number of hydrogen-bond acceptors (Lipinski definition) is 4. The molecule has 0 atom stereocenters. The molecule has 0 fully saturated rings. The smallest absolute Gasteiger partial charge is 0.217 e. The highest BCUT2D eigenvalue weighted by Gasteiger charge is 2.11. The van der Waals surface area contributed by atoms with Crippen molar-refractivity contribution in [1.29, 1.82) is 0 Å². The van der Waals surface area contributed by atoms with Crippen LogP contribution in [0.2, 0.25) is 0 Å². The molecule has 3 aromatic rings. The van der Waals surface area contributed by atoms with Gasteiger partial charge in [0.25, 0.3) is 0 Å². The third-order valence-electron chi connectivity index (χ3n) is 2.63. The van der Waals surface area contributed by atoms with Gasteiger partial charge in [0.15, 0.2) is 0 Å². The van der Waals surface area contributed by atoms with Crippen LogP contribution >= 0.6 is 11.3 Å². The summed E-state index contributed by atoms with van der Waals surface area (Å²) >= 11 is 1.67. The zero-order valence-corrected chi connectivity index (χ0v) is 9.79. The Bertz CT molecular complexity index is 652. The Morgan fingerprint density at radius 3 is 3.06 bits per heavy atom. The first-order valence-electron chi connectivity index (χ1n) is 5.23. The standard InChI is InChI=1S/C11H12N4S/c1-7-2-3-8-9(6-7)16-11-14-13-10(4-5-12)15(8)11/h2-3,6H,4-5,12H2,1H3. The highest BCUT2D eigenvalue weighted by atomic mass is 32.1. The van der Waals surface area contributed by atoms with Crippen molar-refractivity contribution in [3.8, 4) is 0 Å². The maximum atomic E-state index is 5.57. The molecule has 4 nitrogen and oxygen atoms in total. The quantitative estimate of drug-likeness (QED) is 0.732. The van der Waals surface area contributed by atoms with Crippen LogP contribution in [0.5, 0.6) is 0 Å². The summed E-state index contributed by atoms with van der Waals surface area (Å²) in [6.07, 6.45) is 0.765. The third-order valence-corrected chi connectivity index (χ3v) is 3.62. The number of thiazole rings is 1. The Balaban J connectivity index is 2.36. The predicted octanol–water partition coefficient (Wildman–Crippen LogP) is 1.75. The minimum absolute atomic E-state index is 0.601. The van der Waals surface area contributed by atoms with Gasteiger partial charge in [-0.25, -0.2) is 0 Å². The molecule has 0 unspecified atom stereocenters. The summed E-state index contributed by atoms with van der Waals surface area (Å²) in [5.74, 6) is 0.951. The number of fused-ring (bicyclic) bond motifs is 3. The topological polar surface area (TPSA) is 56.2 Å². The molecule has 0 spiro atoms. The lowest BCUT2D eigenvalue weighted by Crippen LogP contribution is -2.06. The van der Waals surface area contributed by atoms with Gasteiger partial charge < -0.3 is 5.73 Å². The number of rotatable bonds is 2. The van der Waals surface area contributed by atoms with Gasteiger partial charge in [0, 0.05) is 6.42 Å². The highest BCUT2D eigenvalue weighted by Crippen LogP contribution is 2.27. The number of nitrogens with two attached hydrogens (primary N) is 1. The SMILES string of the molecule is Cc1ccc2c(c1)sc1nnc(CCN)n12. The van der Waals surface area contributed by atoms with Crippen LogP contribution in [0.15, 0.2) is 18.2 Å². The molecule has 0 saturated carbocycles. The molecule has 2 heterocycles. The van der Waals surface area contributed by atoms with Crippen LogP contribution in [0.1, 0.15) is 11.4 Å². The van der Waals surface area contributed by atoms with Crippen molar-refractivity contribution in [2.24, 2.45) is 5.73 Å². The van der Waals surface area contributed by atoms with E-state index in [0.29, 0.717) is 6.54 Å². The molecular weight excluding hydrogens is 220 g/mol. The monoisotopic (exact) mass is 232 g/mol. The first-order chi connectivity index (χ1) is 7.79. The van der Waals surface area contributed by atoms with E-state index in [-0.39, 0.29) is 0 Å². The highest BCUT2D eigenvalue weighted by molar-refractivity contribution is 7.23. The van der Waals surface area contributed by atoms with E-state index < -0.39 is 0 Å². The zero-order valence-electron chi connectivity index (χ0n) is 8.97. The van der Waals surface area contributed by atoms with Crippen LogP contribution in [0.3, 0.4) is 0 Å². The van der Waals surface area contributed by atoms with Gasteiger partial charge >= 0.3 is 0 Å². The number of nitrogens with zero attached hydrogens (tertiary/aromatic N) is 3. The molecule has 2 N–H and O–H groups in total. The fourth-order valence-electron chi connectivity index (χ4n) is 1.89. The van der Waals surface area contributed by atoms with E-state index in [4.69, 9.17) is 5.73 Å². The molecule has 2 aromatic heterocycles. The maximum Gasteiger partial charge on any atom is 0.217 e. The lowest BCUT2D eigenvalue weighted by atomic mass is 10.2. The largest absolute Gasteiger partial charge is 0.330 e. The lowest BCUT2D eigenvalue weighted by molar-refractivity contribution is 0.857. The third kappa shape index (κ3) is 1.32. The van der Waals surface area contributed by atoms with E-state index in [0.717, 1.165) is 17.2 Å². The van der Waals surface area contributed by atoms with Gasteiger partial charge in [0.1, 0.15) is 5.82 Å². The van der Waals surface area contributed by atoms with Crippen molar-refractivity contribution in [2.45, 2.75) is 13.3 Å². The normalized spacial score (nSPS) is 11.6. The average molecular weight is 232 g/mol. The van der Waals surface area contributed by atoms with Crippen molar-refractivity contribution < 1.29 is 0 Å². The minimum atomic E-state index is 0.601. The van der Waals surface area contributed by atoms with E-state index in [1.54, 1.807) is 11.3 Å². The molecular formula is C11H12N4S. The van der Waals surface area contributed by atoms with Crippen molar-refractivity contribution in [3.05, 3.63) is 29.6 Å². The molecule has 0 aliphatic rings. The molecule has 16 heavy (non-hydrogen) atoms. The van der Waals surface area contributed by atoms with Crippen LogP contribution in [-0.4, -0.2) is 21.1 Å². The molecule has 5 heteroatoms. The molecule has 1 aromatic carbocycles. The van der Waals surface area contributed by atoms with E-state index in [1.807, 2.05) is 0 Å². The van der Waals surface area contributed by atoms with Crippen molar-refractivity contribution >= 4 is 26.5 Å². The van der Waals surface area contributed by atoms with Crippen LogP contribution in [0.4, 0.5) is 0 Å². The Morgan fingerprint density at radius 2 is 2.25 bits per heavy atom. The van der Waals surface area contributed by atoms with Crippen molar-refractivity contribution in [3.63, 3.8) is 0 Å². The number of hydrogen-bond donors (Lipinski definition) is 1. The second kappa shape index (κ2) is 3.54.